The molecule has 0 fully saturated rings. The SMILES string of the molecule is c1ccc(C2=Nc3cc(-c4ccc5oc6ccccc6c5c4)ccc3NC2c2ccccc2)cc1. The quantitative estimate of drug-likeness (QED) is 0.293. The van der Waals surface area contributed by atoms with Crippen molar-refractivity contribution < 1.29 is 4.42 Å². The maximum atomic E-state index is 6.02. The van der Waals surface area contributed by atoms with Gasteiger partial charge in [-0.2, -0.15) is 0 Å². The number of hydrogen-bond donors (Lipinski definition) is 1. The number of fused-ring (bicyclic) bond motifs is 4. The summed E-state index contributed by atoms with van der Waals surface area (Å²) < 4.78 is 6.02. The molecule has 0 bridgehead atoms. The summed E-state index contributed by atoms with van der Waals surface area (Å²) in [6, 6.07) is 42.0. The Hall–Kier alpha value is -4.63. The Morgan fingerprint density at radius 2 is 1.26 bits per heavy atom. The molecular formula is C32H22N2O. The predicted molar refractivity (Wildman–Crippen MR) is 145 cm³/mol. The van der Waals surface area contributed by atoms with Crippen molar-refractivity contribution in [2.75, 3.05) is 5.32 Å². The maximum absolute atomic E-state index is 6.02. The van der Waals surface area contributed by atoms with Gasteiger partial charge >= 0.3 is 0 Å². The first-order valence-corrected chi connectivity index (χ1v) is 11.8. The molecule has 2 heterocycles. The van der Waals surface area contributed by atoms with Crippen LogP contribution in [-0.4, -0.2) is 5.71 Å². The van der Waals surface area contributed by atoms with Gasteiger partial charge in [-0.3, -0.25) is 0 Å². The number of para-hydroxylation sites is 1. The number of furan rings is 1. The lowest BCUT2D eigenvalue weighted by Crippen LogP contribution is -2.24. The van der Waals surface area contributed by atoms with E-state index in [4.69, 9.17) is 9.41 Å². The molecule has 1 N–H and O–H groups in total. The highest BCUT2D eigenvalue weighted by atomic mass is 16.3. The van der Waals surface area contributed by atoms with Crippen LogP contribution in [0.4, 0.5) is 11.4 Å². The number of benzene rings is 5. The summed E-state index contributed by atoms with van der Waals surface area (Å²) in [6.07, 6.45) is 0. The van der Waals surface area contributed by atoms with Crippen molar-refractivity contribution in [2.24, 2.45) is 4.99 Å². The molecule has 1 unspecified atom stereocenters. The number of nitrogens with one attached hydrogen (secondary N) is 1. The van der Waals surface area contributed by atoms with Crippen LogP contribution in [0.2, 0.25) is 0 Å². The lowest BCUT2D eigenvalue weighted by atomic mass is 9.93. The third-order valence-electron chi connectivity index (χ3n) is 6.72. The third-order valence-corrected chi connectivity index (χ3v) is 6.72. The van der Waals surface area contributed by atoms with Gasteiger partial charge < -0.3 is 9.73 Å². The molecule has 0 saturated heterocycles. The standard InChI is InChI=1S/C32H22N2O/c1-3-9-21(10-4-1)31-32(22-11-5-2-6-12-22)34-28-20-24(15-17-27(28)33-31)23-16-18-30-26(19-23)25-13-7-8-14-29(25)35-30/h1-20,31,33H. The van der Waals surface area contributed by atoms with Crippen molar-refractivity contribution in [1.82, 2.24) is 0 Å². The summed E-state index contributed by atoms with van der Waals surface area (Å²) in [5.41, 5.74) is 9.43. The van der Waals surface area contributed by atoms with Gasteiger partial charge in [-0.1, -0.05) is 91.0 Å². The van der Waals surface area contributed by atoms with Crippen LogP contribution in [0, 0.1) is 0 Å². The molecule has 1 aromatic heterocycles. The molecule has 166 valence electrons. The molecule has 6 aromatic rings. The topological polar surface area (TPSA) is 37.5 Å². The van der Waals surface area contributed by atoms with E-state index in [0.717, 1.165) is 55.7 Å². The summed E-state index contributed by atoms with van der Waals surface area (Å²) in [7, 11) is 0. The molecule has 1 atom stereocenters. The normalized spacial score (nSPS) is 15.0. The first-order valence-electron chi connectivity index (χ1n) is 11.8. The van der Waals surface area contributed by atoms with Crippen LogP contribution in [0.1, 0.15) is 17.2 Å². The first-order chi connectivity index (χ1) is 17.3. The van der Waals surface area contributed by atoms with Crippen LogP contribution in [0.25, 0.3) is 33.1 Å². The fraction of sp³-hybridized carbons (Fsp3) is 0.0312. The Morgan fingerprint density at radius 1 is 0.571 bits per heavy atom. The molecule has 3 nitrogen and oxygen atoms in total. The van der Waals surface area contributed by atoms with Crippen LogP contribution in [0.5, 0.6) is 0 Å². The average molecular weight is 451 g/mol. The van der Waals surface area contributed by atoms with Crippen LogP contribution in [0.15, 0.2) is 131 Å². The molecule has 0 amide bonds. The average Bonchev–Trinajstić information content (AvgIpc) is 3.31. The van der Waals surface area contributed by atoms with Gasteiger partial charge in [0.1, 0.15) is 11.2 Å². The molecule has 0 spiro atoms. The summed E-state index contributed by atoms with van der Waals surface area (Å²) in [5.74, 6) is 0. The Kier molecular flexibility index (Phi) is 4.52. The summed E-state index contributed by atoms with van der Waals surface area (Å²) in [5, 5.41) is 6.01. The Labute approximate surface area is 203 Å². The number of nitrogens with zero attached hydrogens (tertiary/aromatic N) is 1. The van der Waals surface area contributed by atoms with E-state index < -0.39 is 0 Å². The van der Waals surface area contributed by atoms with Crippen LogP contribution in [0.3, 0.4) is 0 Å². The van der Waals surface area contributed by atoms with Gasteiger partial charge in [0.25, 0.3) is 0 Å². The van der Waals surface area contributed by atoms with Crippen LogP contribution in [-0.2, 0) is 0 Å². The van der Waals surface area contributed by atoms with Crippen molar-refractivity contribution in [1.29, 1.82) is 0 Å². The Balaban J connectivity index is 1.35. The van der Waals surface area contributed by atoms with Gasteiger partial charge in [0.2, 0.25) is 0 Å². The van der Waals surface area contributed by atoms with E-state index in [1.807, 2.05) is 24.3 Å². The van der Waals surface area contributed by atoms with Gasteiger partial charge in [0, 0.05) is 10.8 Å². The molecule has 0 radical (unpaired) electrons. The lowest BCUT2D eigenvalue weighted by Gasteiger charge is -2.28. The molecule has 0 saturated carbocycles. The number of anilines is 1. The molecule has 3 heteroatoms. The molecule has 1 aliphatic rings. The molecule has 1 aliphatic heterocycles. The van der Waals surface area contributed by atoms with E-state index in [1.165, 1.54) is 5.56 Å². The summed E-state index contributed by atoms with van der Waals surface area (Å²) >= 11 is 0. The third kappa shape index (κ3) is 3.41. The van der Waals surface area contributed by atoms with Crippen molar-refractivity contribution in [3.63, 3.8) is 0 Å². The smallest absolute Gasteiger partial charge is 0.135 e. The minimum absolute atomic E-state index is 0.00871. The predicted octanol–water partition coefficient (Wildman–Crippen LogP) is 8.54. The number of aliphatic imine (C=N–C) groups is 1. The van der Waals surface area contributed by atoms with E-state index in [2.05, 4.69) is 102 Å². The second-order valence-corrected chi connectivity index (χ2v) is 8.89. The summed E-state index contributed by atoms with van der Waals surface area (Å²) in [6.45, 7) is 0. The van der Waals surface area contributed by atoms with Crippen molar-refractivity contribution in [3.05, 3.63) is 132 Å². The van der Waals surface area contributed by atoms with Gasteiger partial charge in [0.05, 0.1) is 23.1 Å². The minimum Gasteiger partial charge on any atom is -0.456 e. The van der Waals surface area contributed by atoms with Gasteiger partial charge in [0.15, 0.2) is 0 Å². The van der Waals surface area contributed by atoms with E-state index in [-0.39, 0.29) is 6.04 Å². The fourth-order valence-corrected chi connectivity index (χ4v) is 4.98. The van der Waals surface area contributed by atoms with E-state index in [9.17, 15) is 0 Å². The Bertz CT molecular complexity index is 1720. The molecule has 7 rings (SSSR count). The van der Waals surface area contributed by atoms with Gasteiger partial charge in [-0.05, 0) is 52.6 Å². The molecule has 35 heavy (non-hydrogen) atoms. The monoisotopic (exact) mass is 450 g/mol. The maximum Gasteiger partial charge on any atom is 0.135 e. The number of rotatable bonds is 3. The zero-order valence-corrected chi connectivity index (χ0v) is 19.0. The second kappa shape index (κ2) is 8.00. The number of hydrogen-bond acceptors (Lipinski definition) is 3. The van der Waals surface area contributed by atoms with Crippen LogP contribution < -0.4 is 5.32 Å². The van der Waals surface area contributed by atoms with Gasteiger partial charge in [-0.25, -0.2) is 4.99 Å². The van der Waals surface area contributed by atoms with E-state index in [0.29, 0.717) is 0 Å². The Morgan fingerprint density at radius 3 is 2.11 bits per heavy atom. The summed E-state index contributed by atoms with van der Waals surface area (Å²) in [4.78, 5) is 5.20. The highest BCUT2D eigenvalue weighted by Crippen LogP contribution is 2.40. The van der Waals surface area contributed by atoms with E-state index >= 15 is 0 Å². The second-order valence-electron chi connectivity index (χ2n) is 8.89. The van der Waals surface area contributed by atoms with Crippen LogP contribution >= 0.6 is 0 Å². The van der Waals surface area contributed by atoms with E-state index in [1.54, 1.807) is 0 Å². The fourth-order valence-electron chi connectivity index (χ4n) is 4.98. The highest BCUT2D eigenvalue weighted by Gasteiger charge is 2.25. The highest BCUT2D eigenvalue weighted by molar-refractivity contribution is 6.10. The van der Waals surface area contributed by atoms with Gasteiger partial charge in [-0.15, -0.1) is 0 Å². The largest absolute Gasteiger partial charge is 0.456 e. The lowest BCUT2D eigenvalue weighted by molar-refractivity contribution is 0.669. The molecule has 0 aliphatic carbocycles. The zero-order valence-electron chi connectivity index (χ0n) is 19.0. The minimum atomic E-state index is -0.00871. The van der Waals surface area contributed by atoms with Crippen molar-refractivity contribution in [2.45, 2.75) is 6.04 Å². The van der Waals surface area contributed by atoms with Crippen molar-refractivity contribution >= 4 is 39.0 Å². The first kappa shape index (κ1) is 19.8. The molecular weight excluding hydrogens is 428 g/mol. The van der Waals surface area contributed by atoms with Crippen molar-refractivity contribution in [3.8, 4) is 11.1 Å². The zero-order chi connectivity index (χ0) is 23.2. The molecule has 5 aromatic carbocycles.